The molecule has 0 unspecified atom stereocenters. The van der Waals surface area contributed by atoms with E-state index in [0.717, 1.165) is 6.07 Å². The number of hydrogen-bond donors (Lipinski definition) is 2. The Kier molecular flexibility index (Phi) is 8.14. The molecule has 0 bridgehead atoms. The van der Waals surface area contributed by atoms with E-state index in [4.69, 9.17) is 0 Å². The highest BCUT2D eigenvalue weighted by Crippen LogP contribution is 2.31. The number of nitrogens with one attached hydrogen (secondary N) is 2. The Labute approximate surface area is 170 Å². The van der Waals surface area contributed by atoms with Gasteiger partial charge in [0.05, 0.1) is 17.9 Å². The minimum Gasteiger partial charge on any atom is -0.368 e. The lowest BCUT2D eigenvalue weighted by Crippen LogP contribution is -2.52. The molecule has 7 nitrogen and oxygen atoms in total. The van der Waals surface area contributed by atoms with Crippen LogP contribution in [0.5, 0.6) is 0 Å². The summed E-state index contributed by atoms with van der Waals surface area (Å²) in [5.74, 6) is 0.695. The first kappa shape index (κ1) is 23.3. The second-order valence-electron chi connectivity index (χ2n) is 6.56. The van der Waals surface area contributed by atoms with Gasteiger partial charge in [-0.2, -0.15) is 13.2 Å². The van der Waals surface area contributed by atoms with E-state index < -0.39 is 21.8 Å². The molecule has 1 heterocycles. The number of anilines is 1. The smallest absolute Gasteiger partial charge is 0.368 e. The molecule has 2 rings (SSSR count). The topological polar surface area (TPSA) is 77.0 Å². The lowest BCUT2D eigenvalue weighted by Gasteiger charge is -2.38. The summed E-state index contributed by atoms with van der Waals surface area (Å²) < 4.78 is 64.2. The Morgan fingerprint density at radius 3 is 2.45 bits per heavy atom. The van der Waals surface area contributed by atoms with E-state index >= 15 is 0 Å². The second-order valence-corrected chi connectivity index (χ2v) is 8.65. The Bertz CT molecular complexity index is 791. The first-order valence-electron chi connectivity index (χ1n) is 9.59. The van der Waals surface area contributed by atoms with Gasteiger partial charge in [0.15, 0.2) is 5.96 Å². The summed E-state index contributed by atoms with van der Waals surface area (Å²) in [6.45, 7) is 7.01. The summed E-state index contributed by atoms with van der Waals surface area (Å²) in [6, 6.07) is 5.36. The van der Waals surface area contributed by atoms with Gasteiger partial charge in [-0.15, -0.1) is 0 Å². The zero-order chi connectivity index (χ0) is 21.5. The van der Waals surface area contributed by atoms with Crippen molar-refractivity contribution in [3.8, 4) is 0 Å². The number of hydrogen-bond acceptors (Lipinski definition) is 4. The minimum atomic E-state index is -4.36. The Balaban J connectivity index is 1.95. The van der Waals surface area contributed by atoms with Crippen LogP contribution in [0.15, 0.2) is 29.3 Å². The third-order valence-corrected chi connectivity index (χ3v) is 5.93. The van der Waals surface area contributed by atoms with E-state index in [1.54, 1.807) is 13.0 Å². The zero-order valence-corrected chi connectivity index (χ0v) is 17.5. The summed E-state index contributed by atoms with van der Waals surface area (Å²) in [4.78, 5) is 8.41. The molecule has 0 radical (unpaired) electrons. The maximum atomic E-state index is 12.9. The van der Waals surface area contributed by atoms with Crippen LogP contribution < -0.4 is 14.9 Å². The van der Waals surface area contributed by atoms with Gasteiger partial charge in [0.25, 0.3) is 0 Å². The third kappa shape index (κ3) is 7.07. The molecule has 0 aromatic heterocycles. The van der Waals surface area contributed by atoms with Crippen LogP contribution in [0.25, 0.3) is 0 Å². The number of guanidine groups is 1. The van der Waals surface area contributed by atoms with E-state index in [9.17, 15) is 21.6 Å². The fourth-order valence-corrected chi connectivity index (χ4v) is 3.55. The fraction of sp³-hybridized carbons (Fsp3) is 0.611. The number of rotatable bonds is 7. The molecule has 0 aliphatic carbocycles. The van der Waals surface area contributed by atoms with Gasteiger partial charge in [-0.25, -0.2) is 13.1 Å². The Hall–Kier alpha value is -2.01. The number of halogens is 3. The van der Waals surface area contributed by atoms with E-state index in [-0.39, 0.29) is 12.3 Å². The SMILES string of the molecule is CCNC(=NCCNS(=O)(=O)CC)N1CCN(c2cccc(C(F)(F)F)c2)CC1. The minimum absolute atomic E-state index is 0.0221. The molecule has 0 amide bonds. The van der Waals surface area contributed by atoms with Gasteiger partial charge in [0.1, 0.15) is 0 Å². The van der Waals surface area contributed by atoms with Crippen molar-refractivity contribution in [1.29, 1.82) is 0 Å². The molecule has 1 aliphatic rings. The van der Waals surface area contributed by atoms with Gasteiger partial charge in [0.2, 0.25) is 10.0 Å². The second kappa shape index (κ2) is 10.1. The van der Waals surface area contributed by atoms with Crippen LogP contribution in [0, 0.1) is 0 Å². The fourth-order valence-electron chi connectivity index (χ4n) is 2.95. The monoisotopic (exact) mass is 435 g/mol. The van der Waals surface area contributed by atoms with Gasteiger partial charge < -0.3 is 15.1 Å². The van der Waals surface area contributed by atoms with Crippen LogP contribution in [0.3, 0.4) is 0 Å². The molecule has 2 N–H and O–H groups in total. The van der Waals surface area contributed by atoms with Crippen molar-refractivity contribution in [2.75, 3.05) is 56.5 Å². The maximum Gasteiger partial charge on any atom is 0.416 e. The van der Waals surface area contributed by atoms with Crippen LogP contribution in [0.1, 0.15) is 19.4 Å². The Morgan fingerprint density at radius 2 is 1.86 bits per heavy atom. The van der Waals surface area contributed by atoms with Crippen molar-refractivity contribution in [2.24, 2.45) is 4.99 Å². The third-order valence-electron chi connectivity index (χ3n) is 4.53. The van der Waals surface area contributed by atoms with Crippen molar-refractivity contribution in [3.05, 3.63) is 29.8 Å². The van der Waals surface area contributed by atoms with E-state index in [2.05, 4.69) is 15.0 Å². The molecular weight excluding hydrogens is 407 g/mol. The molecule has 0 saturated carbocycles. The quantitative estimate of drug-likeness (QED) is 0.388. The molecule has 1 saturated heterocycles. The number of aliphatic imine (C=N–C) groups is 1. The normalized spacial score (nSPS) is 16.2. The Morgan fingerprint density at radius 1 is 1.17 bits per heavy atom. The molecule has 1 fully saturated rings. The van der Waals surface area contributed by atoms with Gasteiger partial charge in [-0.1, -0.05) is 6.07 Å². The highest BCUT2D eigenvalue weighted by molar-refractivity contribution is 7.89. The van der Waals surface area contributed by atoms with Crippen molar-refractivity contribution < 1.29 is 21.6 Å². The molecular formula is C18H28F3N5O2S. The van der Waals surface area contributed by atoms with Crippen molar-refractivity contribution in [2.45, 2.75) is 20.0 Å². The van der Waals surface area contributed by atoms with Crippen LogP contribution in [0.4, 0.5) is 18.9 Å². The zero-order valence-electron chi connectivity index (χ0n) is 16.7. The van der Waals surface area contributed by atoms with E-state index in [0.29, 0.717) is 50.9 Å². The van der Waals surface area contributed by atoms with Gasteiger partial charge >= 0.3 is 6.18 Å². The van der Waals surface area contributed by atoms with Crippen LogP contribution in [-0.2, 0) is 16.2 Å². The number of benzene rings is 1. The lowest BCUT2D eigenvalue weighted by atomic mass is 10.1. The summed E-state index contributed by atoms with van der Waals surface area (Å²) >= 11 is 0. The van der Waals surface area contributed by atoms with E-state index in [1.165, 1.54) is 12.1 Å². The molecule has 29 heavy (non-hydrogen) atoms. The van der Waals surface area contributed by atoms with Gasteiger partial charge in [-0.3, -0.25) is 4.99 Å². The average molecular weight is 436 g/mol. The van der Waals surface area contributed by atoms with Crippen LogP contribution in [0.2, 0.25) is 0 Å². The molecule has 164 valence electrons. The molecule has 1 aromatic rings. The number of nitrogens with zero attached hydrogens (tertiary/aromatic N) is 3. The standard InChI is InChI=1S/C18H28F3N5O2S/c1-3-22-17(23-8-9-24-29(27,28)4-2)26-12-10-25(11-13-26)16-7-5-6-15(14-16)18(19,20)21/h5-7,14,24H,3-4,8-13H2,1-2H3,(H,22,23). The molecule has 1 aliphatic heterocycles. The lowest BCUT2D eigenvalue weighted by molar-refractivity contribution is -0.137. The average Bonchev–Trinajstić information content (AvgIpc) is 2.70. The van der Waals surface area contributed by atoms with Gasteiger partial charge in [-0.05, 0) is 32.0 Å². The predicted molar refractivity (Wildman–Crippen MR) is 109 cm³/mol. The van der Waals surface area contributed by atoms with Crippen LogP contribution >= 0.6 is 0 Å². The number of piperazine rings is 1. The van der Waals surface area contributed by atoms with Crippen molar-refractivity contribution in [3.63, 3.8) is 0 Å². The van der Waals surface area contributed by atoms with Crippen molar-refractivity contribution >= 4 is 21.7 Å². The number of sulfonamides is 1. The molecule has 11 heteroatoms. The summed E-state index contributed by atoms with van der Waals surface area (Å²) in [5, 5.41) is 3.18. The maximum absolute atomic E-state index is 12.9. The summed E-state index contributed by atoms with van der Waals surface area (Å²) in [5.41, 5.74) is -0.0998. The largest absolute Gasteiger partial charge is 0.416 e. The molecule has 1 aromatic carbocycles. The molecule has 0 spiro atoms. The summed E-state index contributed by atoms with van der Waals surface area (Å²) in [6.07, 6.45) is -4.36. The molecule has 0 atom stereocenters. The summed E-state index contributed by atoms with van der Waals surface area (Å²) in [7, 11) is -3.25. The highest BCUT2D eigenvalue weighted by atomic mass is 32.2. The number of alkyl halides is 3. The van der Waals surface area contributed by atoms with Gasteiger partial charge in [0, 0.05) is 45.0 Å². The highest BCUT2D eigenvalue weighted by Gasteiger charge is 2.31. The van der Waals surface area contributed by atoms with Crippen molar-refractivity contribution in [1.82, 2.24) is 14.9 Å². The van der Waals surface area contributed by atoms with Crippen LogP contribution in [-0.4, -0.2) is 70.8 Å². The predicted octanol–water partition coefficient (Wildman–Crippen LogP) is 1.73. The van der Waals surface area contributed by atoms with E-state index in [1.807, 2.05) is 16.7 Å². The first-order valence-corrected chi connectivity index (χ1v) is 11.2. The first-order chi connectivity index (χ1) is 13.7.